The molecule has 2 heterocycles. The first-order valence-electron chi connectivity index (χ1n) is 5.94. The first kappa shape index (κ1) is 10.9. The maximum absolute atomic E-state index is 11.9. The standard InChI is InChI=1S/C11H21N3O/c1-9(2)13-5-7-14(8-6-13)11(15)10-3-4-12-10/h9-10,12H,3-8H2,1-2H3. The van der Waals surface area contributed by atoms with Crippen LogP contribution in [0.3, 0.4) is 0 Å². The van der Waals surface area contributed by atoms with Crippen molar-refractivity contribution in [2.75, 3.05) is 32.7 Å². The van der Waals surface area contributed by atoms with Crippen LogP contribution in [0.25, 0.3) is 0 Å². The molecule has 2 saturated heterocycles. The summed E-state index contributed by atoms with van der Waals surface area (Å²) in [7, 11) is 0. The molecule has 4 nitrogen and oxygen atoms in total. The molecule has 1 unspecified atom stereocenters. The van der Waals surface area contributed by atoms with Gasteiger partial charge >= 0.3 is 0 Å². The van der Waals surface area contributed by atoms with Crippen LogP contribution < -0.4 is 5.32 Å². The highest BCUT2D eigenvalue weighted by molar-refractivity contribution is 5.82. The van der Waals surface area contributed by atoms with E-state index in [-0.39, 0.29) is 6.04 Å². The number of carbonyl (C=O) groups excluding carboxylic acids is 1. The summed E-state index contributed by atoms with van der Waals surface area (Å²) in [5.74, 6) is 0.310. The van der Waals surface area contributed by atoms with Crippen molar-refractivity contribution in [2.45, 2.75) is 32.4 Å². The van der Waals surface area contributed by atoms with Gasteiger partial charge in [0.05, 0.1) is 6.04 Å². The fraction of sp³-hybridized carbons (Fsp3) is 0.909. The Kier molecular flexibility index (Phi) is 3.26. The average Bonchev–Trinajstić information content (AvgIpc) is 2.15. The third-order valence-electron chi connectivity index (χ3n) is 3.48. The van der Waals surface area contributed by atoms with Gasteiger partial charge in [0, 0.05) is 32.2 Å². The predicted molar refractivity (Wildman–Crippen MR) is 59.7 cm³/mol. The highest BCUT2D eigenvalue weighted by Crippen LogP contribution is 2.11. The summed E-state index contributed by atoms with van der Waals surface area (Å²) in [6, 6.07) is 0.722. The van der Waals surface area contributed by atoms with Crippen molar-refractivity contribution in [3.63, 3.8) is 0 Å². The Hall–Kier alpha value is -0.610. The molecule has 0 aliphatic carbocycles. The van der Waals surface area contributed by atoms with Crippen molar-refractivity contribution >= 4 is 5.91 Å². The molecule has 0 spiro atoms. The molecule has 1 N–H and O–H groups in total. The van der Waals surface area contributed by atoms with Crippen molar-refractivity contribution in [3.05, 3.63) is 0 Å². The number of nitrogens with one attached hydrogen (secondary N) is 1. The molecule has 1 atom stereocenters. The lowest BCUT2D eigenvalue weighted by molar-refractivity contribution is -0.137. The van der Waals surface area contributed by atoms with Gasteiger partial charge in [0.15, 0.2) is 0 Å². The molecule has 0 aromatic rings. The molecule has 2 rings (SSSR count). The summed E-state index contributed by atoms with van der Waals surface area (Å²) in [4.78, 5) is 16.3. The monoisotopic (exact) mass is 211 g/mol. The SMILES string of the molecule is CC(C)N1CCN(C(=O)C2CCN2)CC1. The third kappa shape index (κ3) is 2.32. The highest BCUT2D eigenvalue weighted by atomic mass is 16.2. The fourth-order valence-electron chi connectivity index (χ4n) is 2.18. The van der Waals surface area contributed by atoms with E-state index in [1.165, 1.54) is 0 Å². The minimum Gasteiger partial charge on any atom is -0.339 e. The Morgan fingerprint density at radius 3 is 2.27 bits per heavy atom. The van der Waals surface area contributed by atoms with Gasteiger partial charge in [-0.3, -0.25) is 9.69 Å². The molecule has 2 aliphatic heterocycles. The van der Waals surface area contributed by atoms with Crippen LogP contribution in [-0.2, 0) is 4.79 Å². The zero-order valence-corrected chi connectivity index (χ0v) is 9.70. The summed E-state index contributed by atoms with van der Waals surface area (Å²) in [5.41, 5.74) is 0. The van der Waals surface area contributed by atoms with E-state index in [4.69, 9.17) is 0 Å². The molecular formula is C11H21N3O. The molecule has 0 radical (unpaired) electrons. The number of rotatable bonds is 2. The van der Waals surface area contributed by atoms with Crippen LogP contribution in [0.1, 0.15) is 20.3 Å². The number of carbonyl (C=O) groups is 1. The van der Waals surface area contributed by atoms with Gasteiger partial charge in [-0.1, -0.05) is 0 Å². The third-order valence-corrected chi connectivity index (χ3v) is 3.48. The number of nitrogens with zero attached hydrogens (tertiary/aromatic N) is 2. The van der Waals surface area contributed by atoms with Gasteiger partial charge < -0.3 is 10.2 Å². The average molecular weight is 211 g/mol. The van der Waals surface area contributed by atoms with E-state index < -0.39 is 0 Å². The van der Waals surface area contributed by atoms with Crippen molar-refractivity contribution < 1.29 is 4.79 Å². The molecule has 0 bridgehead atoms. The van der Waals surface area contributed by atoms with Gasteiger partial charge in [0.2, 0.25) is 5.91 Å². The van der Waals surface area contributed by atoms with E-state index in [0.29, 0.717) is 11.9 Å². The van der Waals surface area contributed by atoms with Crippen molar-refractivity contribution in [1.29, 1.82) is 0 Å². The summed E-state index contributed by atoms with van der Waals surface area (Å²) in [6.07, 6.45) is 1.02. The van der Waals surface area contributed by atoms with Crippen LogP contribution in [0, 0.1) is 0 Å². The lowest BCUT2D eigenvalue weighted by Gasteiger charge is -2.40. The van der Waals surface area contributed by atoms with Gasteiger partial charge in [-0.15, -0.1) is 0 Å². The van der Waals surface area contributed by atoms with Crippen molar-refractivity contribution in [3.8, 4) is 0 Å². The van der Waals surface area contributed by atoms with E-state index in [9.17, 15) is 4.79 Å². The molecule has 86 valence electrons. The van der Waals surface area contributed by atoms with Crippen LogP contribution in [0.4, 0.5) is 0 Å². The second kappa shape index (κ2) is 4.49. The quantitative estimate of drug-likeness (QED) is 0.693. The molecule has 0 aromatic carbocycles. The number of amides is 1. The zero-order chi connectivity index (χ0) is 10.8. The van der Waals surface area contributed by atoms with Crippen LogP contribution >= 0.6 is 0 Å². The molecule has 0 saturated carbocycles. The number of hydrogen-bond acceptors (Lipinski definition) is 3. The second-order valence-electron chi connectivity index (χ2n) is 4.75. The first-order chi connectivity index (χ1) is 7.18. The summed E-state index contributed by atoms with van der Waals surface area (Å²) in [6.45, 7) is 9.27. The Balaban J connectivity index is 1.79. The minimum absolute atomic E-state index is 0.121. The molecule has 15 heavy (non-hydrogen) atoms. The Morgan fingerprint density at radius 1 is 1.27 bits per heavy atom. The summed E-state index contributed by atoms with van der Waals surface area (Å²) >= 11 is 0. The van der Waals surface area contributed by atoms with E-state index in [0.717, 1.165) is 39.1 Å². The van der Waals surface area contributed by atoms with Gasteiger partial charge in [-0.2, -0.15) is 0 Å². The van der Waals surface area contributed by atoms with Gasteiger partial charge in [0.25, 0.3) is 0 Å². The van der Waals surface area contributed by atoms with Crippen LogP contribution in [-0.4, -0.2) is 60.5 Å². The molecule has 2 fully saturated rings. The zero-order valence-electron chi connectivity index (χ0n) is 9.70. The second-order valence-corrected chi connectivity index (χ2v) is 4.75. The van der Waals surface area contributed by atoms with Gasteiger partial charge in [-0.05, 0) is 26.8 Å². The van der Waals surface area contributed by atoms with Gasteiger partial charge in [0.1, 0.15) is 0 Å². The maximum Gasteiger partial charge on any atom is 0.239 e. The van der Waals surface area contributed by atoms with Crippen molar-refractivity contribution in [2.24, 2.45) is 0 Å². The van der Waals surface area contributed by atoms with Crippen molar-refractivity contribution in [1.82, 2.24) is 15.1 Å². The Bertz CT molecular complexity index is 230. The van der Waals surface area contributed by atoms with E-state index in [2.05, 4.69) is 24.1 Å². The maximum atomic E-state index is 11.9. The topological polar surface area (TPSA) is 35.6 Å². The first-order valence-corrected chi connectivity index (χ1v) is 5.94. The molecule has 1 amide bonds. The van der Waals surface area contributed by atoms with E-state index >= 15 is 0 Å². The lowest BCUT2D eigenvalue weighted by atomic mass is 10.1. The lowest BCUT2D eigenvalue weighted by Crippen LogP contribution is -2.59. The fourth-order valence-corrected chi connectivity index (χ4v) is 2.18. The summed E-state index contributed by atoms with van der Waals surface area (Å²) < 4.78 is 0. The van der Waals surface area contributed by atoms with Crippen LogP contribution in [0.5, 0.6) is 0 Å². The van der Waals surface area contributed by atoms with Gasteiger partial charge in [-0.25, -0.2) is 0 Å². The number of piperazine rings is 1. The number of hydrogen-bond donors (Lipinski definition) is 1. The normalized spacial score (nSPS) is 27.9. The largest absolute Gasteiger partial charge is 0.339 e. The molecular weight excluding hydrogens is 190 g/mol. The molecule has 0 aromatic heterocycles. The Morgan fingerprint density at radius 2 is 1.87 bits per heavy atom. The smallest absolute Gasteiger partial charge is 0.239 e. The molecule has 4 heteroatoms. The van der Waals surface area contributed by atoms with Crippen LogP contribution in [0.15, 0.2) is 0 Å². The minimum atomic E-state index is 0.121. The van der Waals surface area contributed by atoms with E-state index in [1.807, 2.05) is 4.90 Å². The van der Waals surface area contributed by atoms with Crippen LogP contribution in [0.2, 0.25) is 0 Å². The molecule has 2 aliphatic rings. The highest BCUT2D eigenvalue weighted by Gasteiger charge is 2.30. The predicted octanol–water partition coefficient (Wildman–Crippen LogP) is -0.0991. The van der Waals surface area contributed by atoms with E-state index in [1.54, 1.807) is 0 Å². The summed E-state index contributed by atoms with van der Waals surface area (Å²) in [5, 5.41) is 3.17. The Labute approximate surface area is 91.6 Å².